The highest BCUT2D eigenvalue weighted by Crippen LogP contribution is 2.74. The molecular formula is C13H15Cl4NO3. The quantitative estimate of drug-likeness (QED) is 0.558. The van der Waals surface area contributed by atoms with Crippen LogP contribution in [-0.2, 0) is 14.3 Å². The molecule has 2 aliphatic carbocycles. The van der Waals surface area contributed by atoms with Crippen molar-refractivity contribution in [3.8, 4) is 0 Å². The molecule has 4 nitrogen and oxygen atoms in total. The van der Waals surface area contributed by atoms with Crippen LogP contribution in [0.1, 0.15) is 13.3 Å². The average molecular weight is 375 g/mol. The lowest BCUT2D eigenvalue weighted by Crippen LogP contribution is -2.57. The number of hydrogen-bond donors (Lipinski definition) is 0. The molecule has 1 aliphatic heterocycles. The number of methoxy groups -OCH3 is 2. The lowest BCUT2D eigenvalue weighted by atomic mass is 9.79. The van der Waals surface area contributed by atoms with E-state index in [1.54, 1.807) is 0 Å². The van der Waals surface area contributed by atoms with Crippen molar-refractivity contribution in [2.45, 2.75) is 28.9 Å². The Balaban J connectivity index is 2.26. The van der Waals surface area contributed by atoms with E-state index in [1.807, 2.05) is 6.92 Å². The van der Waals surface area contributed by atoms with Crippen LogP contribution < -0.4 is 0 Å². The fourth-order valence-electron chi connectivity index (χ4n) is 4.02. The van der Waals surface area contributed by atoms with E-state index in [0.717, 1.165) is 5.71 Å². The largest absolute Gasteiger partial charge is 0.395 e. The first kappa shape index (κ1) is 16.2. The Bertz CT molecular complexity index is 548. The van der Waals surface area contributed by atoms with Gasteiger partial charge in [0, 0.05) is 26.6 Å². The van der Waals surface area contributed by atoms with Crippen molar-refractivity contribution in [1.29, 1.82) is 0 Å². The van der Waals surface area contributed by atoms with E-state index < -0.39 is 15.5 Å². The van der Waals surface area contributed by atoms with Crippen LogP contribution in [0.3, 0.4) is 0 Å². The molecule has 0 saturated heterocycles. The van der Waals surface area contributed by atoms with Gasteiger partial charge in [-0.15, -0.1) is 23.2 Å². The van der Waals surface area contributed by atoms with Crippen LogP contribution in [0.4, 0.5) is 0 Å². The van der Waals surface area contributed by atoms with Gasteiger partial charge in [-0.05, 0) is 5.92 Å². The standard InChI is InChI=1S/C13H15Cl4NO3/c1-6-8(7-4-5-21-18-7)12(17)10(15)9(14)11(6,16)13(12,19-2)20-3/h6,8H,4-5H2,1-3H3/t6?,8?,11-,12+/m0/s1. The molecule has 118 valence electrons. The van der Waals surface area contributed by atoms with Crippen molar-refractivity contribution < 1.29 is 14.3 Å². The molecule has 8 heteroatoms. The van der Waals surface area contributed by atoms with Crippen LogP contribution in [0, 0.1) is 11.8 Å². The maximum Gasteiger partial charge on any atom is 0.218 e. The van der Waals surface area contributed by atoms with Gasteiger partial charge in [-0.1, -0.05) is 35.3 Å². The molecule has 0 radical (unpaired) electrons. The normalized spacial score (nSPS) is 44.2. The molecule has 1 fully saturated rings. The zero-order valence-corrected chi connectivity index (χ0v) is 14.8. The first-order valence-electron chi connectivity index (χ1n) is 6.56. The zero-order chi connectivity index (χ0) is 15.6. The summed E-state index contributed by atoms with van der Waals surface area (Å²) in [6.07, 6.45) is 0.668. The minimum Gasteiger partial charge on any atom is -0.395 e. The van der Waals surface area contributed by atoms with E-state index in [-0.39, 0.29) is 21.9 Å². The van der Waals surface area contributed by atoms with Crippen LogP contribution >= 0.6 is 46.4 Å². The monoisotopic (exact) mass is 373 g/mol. The molecule has 0 aromatic heterocycles. The number of hydrogen-bond acceptors (Lipinski definition) is 4. The van der Waals surface area contributed by atoms with Gasteiger partial charge < -0.3 is 14.3 Å². The summed E-state index contributed by atoms with van der Waals surface area (Å²) in [7, 11) is 2.97. The fourth-order valence-corrected chi connectivity index (χ4v) is 6.24. The Hall–Kier alpha value is 0.290. The van der Waals surface area contributed by atoms with Gasteiger partial charge in [-0.25, -0.2) is 0 Å². The molecule has 4 atom stereocenters. The lowest BCUT2D eigenvalue weighted by Gasteiger charge is -2.41. The number of nitrogens with zero attached hydrogens (tertiary/aromatic N) is 1. The Morgan fingerprint density at radius 2 is 1.71 bits per heavy atom. The van der Waals surface area contributed by atoms with Gasteiger partial charge in [0.15, 0.2) is 0 Å². The van der Waals surface area contributed by atoms with Gasteiger partial charge in [0.05, 0.1) is 15.8 Å². The van der Waals surface area contributed by atoms with Crippen LogP contribution in [-0.4, -0.2) is 42.1 Å². The molecule has 0 spiro atoms. The minimum absolute atomic E-state index is 0.188. The van der Waals surface area contributed by atoms with E-state index in [1.165, 1.54) is 14.2 Å². The van der Waals surface area contributed by atoms with E-state index in [2.05, 4.69) is 5.16 Å². The Labute approximate surface area is 143 Å². The van der Waals surface area contributed by atoms with Crippen molar-refractivity contribution in [2.75, 3.05) is 20.8 Å². The Kier molecular flexibility index (Phi) is 3.76. The van der Waals surface area contributed by atoms with Gasteiger partial charge in [0.2, 0.25) is 5.79 Å². The minimum atomic E-state index is -1.37. The predicted molar refractivity (Wildman–Crippen MR) is 83.3 cm³/mol. The summed E-state index contributed by atoms with van der Waals surface area (Å²) in [4.78, 5) is 2.71. The third-order valence-electron chi connectivity index (χ3n) is 4.91. The molecule has 0 amide bonds. The highest BCUT2D eigenvalue weighted by Gasteiger charge is 2.84. The second kappa shape index (κ2) is 4.89. The van der Waals surface area contributed by atoms with Gasteiger partial charge in [0.25, 0.3) is 0 Å². The van der Waals surface area contributed by atoms with Gasteiger partial charge in [-0.2, -0.15) is 0 Å². The van der Waals surface area contributed by atoms with E-state index in [9.17, 15) is 0 Å². The molecule has 0 aromatic rings. The molecule has 21 heavy (non-hydrogen) atoms. The zero-order valence-electron chi connectivity index (χ0n) is 11.8. The van der Waals surface area contributed by atoms with Crippen molar-refractivity contribution in [3.63, 3.8) is 0 Å². The molecule has 0 N–H and O–H groups in total. The average Bonchev–Trinajstić information content (AvgIpc) is 3.06. The summed E-state index contributed by atoms with van der Waals surface area (Å²) in [5.41, 5.74) is 0.806. The smallest absolute Gasteiger partial charge is 0.218 e. The number of ether oxygens (including phenoxy) is 2. The molecule has 2 unspecified atom stereocenters. The topological polar surface area (TPSA) is 40.0 Å². The summed E-state index contributed by atoms with van der Waals surface area (Å²) in [6, 6.07) is 0. The summed E-state index contributed by atoms with van der Waals surface area (Å²) >= 11 is 26.7. The van der Waals surface area contributed by atoms with Crippen LogP contribution in [0.25, 0.3) is 0 Å². The predicted octanol–water partition coefficient (Wildman–Crippen LogP) is 3.68. The second-order valence-corrected chi connectivity index (χ2v) is 7.46. The van der Waals surface area contributed by atoms with E-state index in [4.69, 9.17) is 60.7 Å². The highest BCUT2D eigenvalue weighted by atomic mass is 35.5. The SMILES string of the molecule is COC1(OC)[C@@]2(Cl)C(Cl)=C(Cl)[C@]1(Cl)C(C1=NOCC1)C2C. The summed E-state index contributed by atoms with van der Waals surface area (Å²) < 4.78 is 11.3. The van der Waals surface area contributed by atoms with Crippen molar-refractivity contribution in [3.05, 3.63) is 10.1 Å². The summed E-state index contributed by atoms with van der Waals surface area (Å²) in [5, 5.41) is 4.62. The van der Waals surface area contributed by atoms with Gasteiger partial charge in [-0.3, -0.25) is 0 Å². The van der Waals surface area contributed by atoms with E-state index in [0.29, 0.717) is 13.0 Å². The van der Waals surface area contributed by atoms with Gasteiger partial charge in [0.1, 0.15) is 16.4 Å². The highest BCUT2D eigenvalue weighted by molar-refractivity contribution is 6.52. The van der Waals surface area contributed by atoms with Crippen molar-refractivity contribution in [1.82, 2.24) is 0 Å². The van der Waals surface area contributed by atoms with Crippen LogP contribution in [0.2, 0.25) is 0 Å². The van der Waals surface area contributed by atoms with Crippen LogP contribution in [0.15, 0.2) is 15.2 Å². The van der Waals surface area contributed by atoms with E-state index >= 15 is 0 Å². The molecular weight excluding hydrogens is 360 g/mol. The molecule has 3 aliphatic rings. The summed E-state index contributed by atoms with van der Waals surface area (Å²) in [6.45, 7) is 2.46. The summed E-state index contributed by atoms with van der Waals surface area (Å²) in [5.74, 6) is -1.84. The van der Waals surface area contributed by atoms with Crippen molar-refractivity contribution in [2.24, 2.45) is 17.0 Å². The molecule has 1 saturated carbocycles. The number of rotatable bonds is 3. The Morgan fingerprint density at radius 3 is 2.14 bits per heavy atom. The third-order valence-corrected chi connectivity index (χ3v) is 7.63. The number of fused-ring (bicyclic) bond motifs is 2. The van der Waals surface area contributed by atoms with Gasteiger partial charge >= 0.3 is 0 Å². The molecule has 3 rings (SSSR count). The number of oxime groups is 1. The first-order chi connectivity index (χ1) is 9.82. The molecule has 1 heterocycles. The Morgan fingerprint density at radius 1 is 1.14 bits per heavy atom. The van der Waals surface area contributed by atoms with Crippen molar-refractivity contribution >= 4 is 52.1 Å². The fraction of sp³-hybridized carbons (Fsp3) is 0.769. The number of halogens is 4. The second-order valence-electron chi connectivity index (χ2n) is 5.51. The lowest BCUT2D eigenvalue weighted by molar-refractivity contribution is -0.219. The maximum atomic E-state index is 6.95. The third kappa shape index (κ3) is 1.50. The number of alkyl halides is 2. The maximum absolute atomic E-state index is 6.95. The first-order valence-corrected chi connectivity index (χ1v) is 8.07. The van der Waals surface area contributed by atoms with Crippen LogP contribution in [0.5, 0.6) is 0 Å². The molecule has 2 bridgehead atoms. The molecule has 0 aromatic carbocycles.